The quantitative estimate of drug-likeness (QED) is 0.892. The zero-order valence-corrected chi connectivity index (χ0v) is 11.3. The summed E-state index contributed by atoms with van der Waals surface area (Å²) >= 11 is 0. The molecule has 1 aromatic heterocycles. The number of aromatic nitrogens is 2. The van der Waals surface area contributed by atoms with Crippen molar-refractivity contribution in [2.24, 2.45) is 0 Å². The zero-order valence-electron chi connectivity index (χ0n) is 11.3. The van der Waals surface area contributed by atoms with Crippen LogP contribution in [0.25, 0.3) is 11.1 Å². The second kappa shape index (κ2) is 5.09. The fourth-order valence-corrected chi connectivity index (χ4v) is 2.79. The molecule has 1 heterocycles. The average molecular weight is 296 g/mol. The highest BCUT2D eigenvalue weighted by Gasteiger charge is 2.31. The van der Waals surface area contributed by atoms with Crippen LogP contribution < -0.4 is 0 Å². The van der Waals surface area contributed by atoms with Crippen molar-refractivity contribution in [3.05, 3.63) is 36.2 Å². The van der Waals surface area contributed by atoms with Crippen LogP contribution in [-0.2, 0) is 6.18 Å². The molecule has 1 aliphatic carbocycles. The summed E-state index contributed by atoms with van der Waals surface area (Å²) in [5, 5.41) is 14.1. The largest absolute Gasteiger partial charge is 0.507 e. The van der Waals surface area contributed by atoms with Crippen molar-refractivity contribution in [1.82, 2.24) is 9.78 Å². The Hall–Kier alpha value is -1.98. The Bertz CT molecular complexity index is 643. The monoisotopic (exact) mass is 296 g/mol. The molecule has 1 fully saturated rings. The third-order valence-corrected chi connectivity index (χ3v) is 3.94. The summed E-state index contributed by atoms with van der Waals surface area (Å²) in [7, 11) is 0. The Kier molecular flexibility index (Phi) is 3.39. The fraction of sp³-hybridized carbons (Fsp3) is 0.400. The van der Waals surface area contributed by atoms with E-state index >= 15 is 0 Å². The summed E-state index contributed by atoms with van der Waals surface area (Å²) in [4.78, 5) is 0. The summed E-state index contributed by atoms with van der Waals surface area (Å²) in [6.45, 7) is 0. The first-order chi connectivity index (χ1) is 9.95. The van der Waals surface area contributed by atoms with Crippen molar-refractivity contribution in [2.45, 2.75) is 37.9 Å². The minimum absolute atomic E-state index is 0.161. The Morgan fingerprint density at radius 3 is 2.57 bits per heavy atom. The van der Waals surface area contributed by atoms with Gasteiger partial charge >= 0.3 is 6.18 Å². The smallest absolute Gasteiger partial charge is 0.416 e. The number of hydrogen-bond acceptors (Lipinski definition) is 2. The number of phenolic OH excluding ortho intramolecular Hbond substituents is 1. The molecule has 1 N–H and O–H groups in total. The third kappa shape index (κ3) is 2.75. The van der Waals surface area contributed by atoms with Crippen LogP contribution in [0.5, 0.6) is 5.75 Å². The molecule has 112 valence electrons. The molecule has 3 nitrogen and oxygen atoms in total. The number of nitrogens with zero attached hydrogens (tertiary/aromatic N) is 2. The lowest BCUT2D eigenvalue weighted by Crippen LogP contribution is -2.05. The van der Waals surface area contributed by atoms with Gasteiger partial charge in [0, 0.05) is 17.3 Å². The van der Waals surface area contributed by atoms with Gasteiger partial charge in [0.2, 0.25) is 0 Å². The Morgan fingerprint density at radius 2 is 1.90 bits per heavy atom. The van der Waals surface area contributed by atoms with Crippen LogP contribution in [0.4, 0.5) is 13.2 Å². The Balaban J connectivity index is 1.96. The molecule has 6 heteroatoms. The van der Waals surface area contributed by atoms with Crippen molar-refractivity contribution >= 4 is 0 Å². The van der Waals surface area contributed by atoms with Crippen molar-refractivity contribution < 1.29 is 18.3 Å². The number of benzene rings is 1. The highest BCUT2D eigenvalue weighted by atomic mass is 19.4. The SMILES string of the molecule is Oc1ccc(C(F)(F)F)cc1-c1cnn(C2CCCC2)c1. The van der Waals surface area contributed by atoms with Gasteiger partial charge in [-0.2, -0.15) is 18.3 Å². The molecule has 0 aliphatic heterocycles. The van der Waals surface area contributed by atoms with Crippen LogP contribution >= 0.6 is 0 Å². The van der Waals surface area contributed by atoms with Gasteiger partial charge in [0.1, 0.15) is 5.75 Å². The highest BCUT2D eigenvalue weighted by molar-refractivity contribution is 5.69. The average Bonchev–Trinajstić information content (AvgIpc) is 3.09. The van der Waals surface area contributed by atoms with E-state index in [1.165, 1.54) is 6.20 Å². The first-order valence-electron chi connectivity index (χ1n) is 6.90. The summed E-state index contributed by atoms with van der Waals surface area (Å²) in [6.07, 6.45) is 3.16. The van der Waals surface area contributed by atoms with Crippen LogP contribution in [0.1, 0.15) is 37.3 Å². The standard InChI is InChI=1S/C15H15F3N2O/c16-15(17,18)11-5-6-14(21)13(7-11)10-8-19-20(9-10)12-3-1-2-4-12/h5-9,12,21H,1-4H2. The van der Waals surface area contributed by atoms with E-state index in [-0.39, 0.29) is 11.3 Å². The van der Waals surface area contributed by atoms with Gasteiger partial charge in [-0.15, -0.1) is 0 Å². The minimum atomic E-state index is -4.43. The van der Waals surface area contributed by atoms with E-state index in [9.17, 15) is 18.3 Å². The van der Waals surface area contributed by atoms with Gasteiger partial charge < -0.3 is 5.11 Å². The molecule has 0 spiro atoms. The van der Waals surface area contributed by atoms with Gasteiger partial charge in [-0.1, -0.05) is 12.8 Å². The zero-order chi connectivity index (χ0) is 15.0. The number of hydrogen-bond donors (Lipinski definition) is 1. The van der Waals surface area contributed by atoms with Crippen LogP contribution in [0.3, 0.4) is 0 Å². The van der Waals surface area contributed by atoms with Crippen molar-refractivity contribution in [3.63, 3.8) is 0 Å². The maximum Gasteiger partial charge on any atom is 0.416 e. The van der Waals surface area contributed by atoms with Crippen LogP contribution in [0.15, 0.2) is 30.6 Å². The molecule has 0 radical (unpaired) electrons. The van der Waals surface area contributed by atoms with Crippen molar-refractivity contribution in [1.29, 1.82) is 0 Å². The van der Waals surface area contributed by atoms with Crippen LogP contribution in [0, 0.1) is 0 Å². The lowest BCUT2D eigenvalue weighted by atomic mass is 10.0. The second-order valence-electron chi connectivity index (χ2n) is 5.38. The van der Waals surface area contributed by atoms with Crippen molar-refractivity contribution in [3.8, 4) is 16.9 Å². The summed E-state index contributed by atoms with van der Waals surface area (Å²) in [5.41, 5.74) is -0.108. The predicted octanol–water partition coefficient (Wildman–Crippen LogP) is 4.39. The number of halogens is 3. The lowest BCUT2D eigenvalue weighted by Gasteiger charge is -2.10. The molecular formula is C15H15F3N2O. The predicted molar refractivity (Wildman–Crippen MR) is 71.8 cm³/mol. The summed E-state index contributed by atoms with van der Waals surface area (Å²) < 4.78 is 40.1. The first kappa shape index (κ1) is 14.0. The molecule has 0 bridgehead atoms. The molecule has 2 aromatic rings. The van der Waals surface area contributed by atoms with Crippen LogP contribution in [0.2, 0.25) is 0 Å². The number of phenols is 1. The number of alkyl halides is 3. The molecular weight excluding hydrogens is 281 g/mol. The van der Waals surface area contributed by atoms with E-state index in [0.29, 0.717) is 11.6 Å². The molecule has 0 saturated heterocycles. The van der Waals surface area contributed by atoms with E-state index in [4.69, 9.17) is 0 Å². The Labute approximate surface area is 120 Å². The van der Waals surface area contributed by atoms with Crippen LogP contribution in [-0.4, -0.2) is 14.9 Å². The molecule has 1 aliphatic rings. The maximum atomic E-state index is 12.8. The summed E-state index contributed by atoms with van der Waals surface area (Å²) in [6, 6.07) is 3.23. The van der Waals surface area contributed by atoms with Gasteiger partial charge in [0.15, 0.2) is 0 Å². The van der Waals surface area contributed by atoms with Gasteiger partial charge in [0.25, 0.3) is 0 Å². The topological polar surface area (TPSA) is 38.1 Å². The fourth-order valence-electron chi connectivity index (χ4n) is 2.79. The molecule has 0 atom stereocenters. The summed E-state index contributed by atoms with van der Waals surface area (Å²) in [5.74, 6) is -0.172. The van der Waals surface area contributed by atoms with Crippen molar-refractivity contribution in [2.75, 3.05) is 0 Å². The molecule has 1 aromatic carbocycles. The number of rotatable bonds is 2. The van der Waals surface area contributed by atoms with E-state index in [1.807, 2.05) is 0 Å². The van der Waals surface area contributed by atoms with Gasteiger partial charge in [-0.05, 0) is 31.0 Å². The maximum absolute atomic E-state index is 12.8. The second-order valence-corrected chi connectivity index (χ2v) is 5.38. The third-order valence-electron chi connectivity index (χ3n) is 3.94. The van der Waals surface area contributed by atoms with E-state index in [0.717, 1.165) is 43.9 Å². The van der Waals surface area contributed by atoms with Gasteiger partial charge in [-0.25, -0.2) is 0 Å². The molecule has 3 rings (SSSR count). The molecule has 0 amide bonds. The Morgan fingerprint density at radius 1 is 1.19 bits per heavy atom. The highest BCUT2D eigenvalue weighted by Crippen LogP contribution is 2.37. The van der Waals surface area contributed by atoms with E-state index in [1.54, 1.807) is 10.9 Å². The molecule has 21 heavy (non-hydrogen) atoms. The number of aromatic hydroxyl groups is 1. The van der Waals surface area contributed by atoms with E-state index < -0.39 is 11.7 Å². The van der Waals surface area contributed by atoms with E-state index in [2.05, 4.69) is 5.10 Å². The molecule has 0 unspecified atom stereocenters. The lowest BCUT2D eigenvalue weighted by molar-refractivity contribution is -0.137. The molecule has 1 saturated carbocycles. The van der Waals surface area contributed by atoms with Gasteiger partial charge in [-0.3, -0.25) is 4.68 Å². The first-order valence-corrected chi connectivity index (χ1v) is 6.90. The minimum Gasteiger partial charge on any atom is -0.507 e. The van der Waals surface area contributed by atoms with Gasteiger partial charge in [0.05, 0.1) is 17.8 Å². The normalized spacial score (nSPS) is 16.5.